The Balaban J connectivity index is 2.33. The van der Waals surface area contributed by atoms with Crippen molar-refractivity contribution in [2.75, 3.05) is 0 Å². The summed E-state index contributed by atoms with van der Waals surface area (Å²) in [5.41, 5.74) is 4.06. The molecule has 2 N–H and O–H groups in total. The molecule has 0 saturated heterocycles. The SMILES string of the molecule is CC1=C/CC(C)(C)CCC(C)(C)C/C=C\1C(/C=C/c1ccc(C(=O)O)cc1)=N\O. The molecule has 2 rings (SSSR count). The van der Waals surface area contributed by atoms with Gasteiger partial charge in [0.25, 0.3) is 0 Å². The average molecular weight is 396 g/mol. The topological polar surface area (TPSA) is 69.9 Å². The summed E-state index contributed by atoms with van der Waals surface area (Å²) in [5, 5.41) is 22.3. The largest absolute Gasteiger partial charge is 0.478 e. The number of oxime groups is 1. The molecular formula is C25H33NO3. The first-order valence-electron chi connectivity index (χ1n) is 10.1. The van der Waals surface area contributed by atoms with E-state index < -0.39 is 5.97 Å². The number of carboxylic acid groups (broad SMARTS) is 1. The van der Waals surface area contributed by atoms with E-state index in [2.05, 4.69) is 51.9 Å². The van der Waals surface area contributed by atoms with E-state index >= 15 is 0 Å². The highest BCUT2D eigenvalue weighted by Gasteiger charge is 2.25. The lowest BCUT2D eigenvalue weighted by atomic mass is 9.74. The van der Waals surface area contributed by atoms with Gasteiger partial charge in [-0.15, -0.1) is 0 Å². The molecule has 0 heterocycles. The highest BCUT2D eigenvalue weighted by Crippen LogP contribution is 2.38. The monoisotopic (exact) mass is 395 g/mol. The summed E-state index contributed by atoms with van der Waals surface area (Å²) in [6.45, 7) is 11.2. The van der Waals surface area contributed by atoms with Crippen LogP contribution < -0.4 is 0 Å². The van der Waals surface area contributed by atoms with E-state index in [9.17, 15) is 10.0 Å². The second-order valence-corrected chi connectivity index (χ2v) is 9.49. The smallest absolute Gasteiger partial charge is 0.335 e. The van der Waals surface area contributed by atoms with Gasteiger partial charge in [0.2, 0.25) is 0 Å². The molecule has 1 aliphatic rings. The van der Waals surface area contributed by atoms with Crippen LogP contribution in [0.2, 0.25) is 0 Å². The predicted molar refractivity (Wildman–Crippen MR) is 120 cm³/mol. The van der Waals surface area contributed by atoms with Crippen LogP contribution in [0.15, 0.2) is 58.8 Å². The van der Waals surface area contributed by atoms with E-state index in [-0.39, 0.29) is 16.4 Å². The molecule has 0 aromatic heterocycles. The van der Waals surface area contributed by atoms with Crippen molar-refractivity contribution >= 4 is 17.8 Å². The van der Waals surface area contributed by atoms with Crippen LogP contribution >= 0.6 is 0 Å². The molecular weight excluding hydrogens is 362 g/mol. The summed E-state index contributed by atoms with van der Waals surface area (Å²) in [6, 6.07) is 6.61. The quantitative estimate of drug-likeness (QED) is 0.337. The lowest BCUT2D eigenvalue weighted by Crippen LogP contribution is -2.19. The molecule has 0 amide bonds. The number of hydrogen-bond donors (Lipinski definition) is 2. The maximum absolute atomic E-state index is 11.0. The summed E-state index contributed by atoms with van der Waals surface area (Å²) >= 11 is 0. The Labute approximate surface area is 174 Å². The van der Waals surface area contributed by atoms with Crippen LogP contribution in [-0.4, -0.2) is 22.0 Å². The van der Waals surface area contributed by atoms with Crippen LogP contribution in [0.25, 0.3) is 6.08 Å². The van der Waals surface area contributed by atoms with Crippen molar-refractivity contribution in [1.82, 2.24) is 0 Å². The van der Waals surface area contributed by atoms with E-state index in [1.54, 1.807) is 30.3 Å². The Kier molecular flexibility index (Phi) is 7.23. The molecule has 0 radical (unpaired) electrons. The van der Waals surface area contributed by atoms with Gasteiger partial charge in [-0.3, -0.25) is 0 Å². The van der Waals surface area contributed by atoms with Gasteiger partial charge in [0, 0.05) is 5.57 Å². The standard InChI is InChI=1S/C25H33NO3/c1-18-12-14-24(2,3)16-17-25(4,5)15-13-21(18)22(26-29)11-8-19-6-9-20(10-7-19)23(27)28/h6-13,29H,14-17H2,1-5H3,(H,27,28)/b11-8+,18-12-,21-13+,26-22-. The number of aromatic carboxylic acids is 1. The van der Waals surface area contributed by atoms with Crippen LogP contribution in [-0.2, 0) is 0 Å². The molecule has 4 heteroatoms. The zero-order valence-corrected chi connectivity index (χ0v) is 18.2. The minimum Gasteiger partial charge on any atom is -0.478 e. The van der Waals surface area contributed by atoms with Gasteiger partial charge in [-0.2, -0.15) is 0 Å². The second-order valence-electron chi connectivity index (χ2n) is 9.49. The van der Waals surface area contributed by atoms with Crippen molar-refractivity contribution in [1.29, 1.82) is 0 Å². The van der Waals surface area contributed by atoms with Crippen molar-refractivity contribution in [3.8, 4) is 0 Å². The zero-order valence-electron chi connectivity index (χ0n) is 18.2. The molecule has 156 valence electrons. The van der Waals surface area contributed by atoms with E-state index in [0.717, 1.165) is 36.0 Å². The molecule has 1 aliphatic carbocycles. The number of hydrogen-bond acceptors (Lipinski definition) is 3. The van der Waals surface area contributed by atoms with E-state index in [1.165, 1.54) is 6.42 Å². The van der Waals surface area contributed by atoms with Gasteiger partial charge in [0.1, 0.15) is 5.71 Å². The van der Waals surface area contributed by atoms with Crippen molar-refractivity contribution in [3.05, 3.63) is 64.8 Å². The van der Waals surface area contributed by atoms with Crippen molar-refractivity contribution < 1.29 is 15.1 Å². The van der Waals surface area contributed by atoms with Crippen molar-refractivity contribution in [3.63, 3.8) is 0 Å². The molecule has 0 atom stereocenters. The highest BCUT2D eigenvalue weighted by atomic mass is 16.4. The molecule has 0 aliphatic heterocycles. The minimum atomic E-state index is -0.948. The predicted octanol–water partition coefficient (Wildman–Crippen LogP) is 6.73. The fraction of sp³-hybridized carbons (Fsp3) is 0.440. The normalized spacial score (nSPS) is 23.7. The minimum absolute atomic E-state index is 0.178. The molecule has 0 fully saturated rings. The van der Waals surface area contributed by atoms with E-state index in [4.69, 9.17) is 5.11 Å². The average Bonchev–Trinajstić information content (AvgIpc) is 2.67. The Hall–Kier alpha value is -2.62. The third kappa shape index (κ3) is 6.74. The molecule has 0 unspecified atom stereocenters. The maximum Gasteiger partial charge on any atom is 0.335 e. The fourth-order valence-electron chi connectivity index (χ4n) is 3.36. The summed E-state index contributed by atoms with van der Waals surface area (Å²) < 4.78 is 0. The fourth-order valence-corrected chi connectivity index (χ4v) is 3.36. The summed E-state index contributed by atoms with van der Waals surface area (Å²) in [5.74, 6) is -0.948. The van der Waals surface area contributed by atoms with Gasteiger partial charge in [0.15, 0.2) is 0 Å². The molecule has 0 bridgehead atoms. The summed E-state index contributed by atoms with van der Waals surface area (Å²) in [6.07, 6.45) is 12.2. The molecule has 4 nitrogen and oxygen atoms in total. The number of carboxylic acids is 1. The lowest BCUT2D eigenvalue weighted by Gasteiger charge is -2.31. The van der Waals surface area contributed by atoms with Gasteiger partial charge < -0.3 is 10.3 Å². The molecule has 1 aromatic carbocycles. The second kappa shape index (κ2) is 9.25. The van der Waals surface area contributed by atoms with E-state index in [1.807, 2.05) is 6.08 Å². The van der Waals surface area contributed by atoms with E-state index in [0.29, 0.717) is 5.71 Å². The maximum atomic E-state index is 11.0. The van der Waals surface area contributed by atoms with Crippen LogP contribution in [0.5, 0.6) is 0 Å². The highest BCUT2D eigenvalue weighted by molar-refractivity contribution is 6.12. The van der Waals surface area contributed by atoms with Crippen LogP contribution in [0.4, 0.5) is 0 Å². The number of carbonyl (C=O) groups is 1. The Morgan fingerprint density at radius 2 is 1.55 bits per heavy atom. The molecule has 1 aromatic rings. The first-order valence-corrected chi connectivity index (χ1v) is 10.1. The van der Waals surface area contributed by atoms with Crippen molar-refractivity contribution in [2.24, 2.45) is 16.0 Å². The van der Waals surface area contributed by atoms with Crippen molar-refractivity contribution in [2.45, 2.75) is 60.3 Å². The van der Waals surface area contributed by atoms with Gasteiger partial charge in [-0.1, -0.05) is 63.2 Å². The van der Waals surface area contributed by atoms with Gasteiger partial charge in [0.05, 0.1) is 5.56 Å². The van der Waals surface area contributed by atoms with Gasteiger partial charge in [-0.05, 0) is 72.8 Å². The zero-order chi connectivity index (χ0) is 21.7. The van der Waals surface area contributed by atoms with Crippen LogP contribution in [0.3, 0.4) is 0 Å². The number of nitrogens with zero attached hydrogens (tertiary/aromatic N) is 1. The Bertz CT molecular complexity index is 853. The lowest BCUT2D eigenvalue weighted by molar-refractivity contribution is 0.0697. The third-order valence-corrected chi connectivity index (χ3v) is 5.70. The van der Waals surface area contributed by atoms with Gasteiger partial charge >= 0.3 is 5.97 Å². The first-order chi connectivity index (χ1) is 13.5. The molecule has 0 saturated carbocycles. The van der Waals surface area contributed by atoms with Gasteiger partial charge in [-0.25, -0.2) is 4.79 Å². The summed E-state index contributed by atoms with van der Waals surface area (Å²) in [4.78, 5) is 11.0. The molecule has 0 spiro atoms. The first kappa shape index (κ1) is 22.7. The molecule has 29 heavy (non-hydrogen) atoms. The number of rotatable bonds is 4. The third-order valence-electron chi connectivity index (χ3n) is 5.70. The number of benzene rings is 1. The number of allylic oxidation sites excluding steroid dienone is 5. The Morgan fingerprint density at radius 3 is 2.07 bits per heavy atom. The van der Waals surface area contributed by atoms with Crippen LogP contribution in [0, 0.1) is 10.8 Å². The summed E-state index contributed by atoms with van der Waals surface area (Å²) in [7, 11) is 0. The van der Waals surface area contributed by atoms with Crippen LogP contribution in [0.1, 0.15) is 76.2 Å². The Morgan fingerprint density at radius 1 is 1.00 bits per heavy atom.